The maximum absolute atomic E-state index is 12.3. The van der Waals surface area contributed by atoms with Gasteiger partial charge in [0.05, 0.1) is 25.3 Å². The molecule has 1 aliphatic heterocycles. The number of hydrogen-bond donors (Lipinski definition) is 3. The third-order valence-corrected chi connectivity index (χ3v) is 4.45. The fourth-order valence-electron chi connectivity index (χ4n) is 2.93. The van der Waals surface area contributed by atoms with E-state index in [4.69, 9.17) is 25.6 Å². The van der Waals surface area contributed by atoms with Gasteiger partial charge in [0.25, 0.3) is 0 Å². The summed E-state index contributed by atoms with van der Waals surface area (Å²) in [7, 11) is 1.55. The summed E-state index contributed by atoms with van der Waals surface area (Å²) in [6.45, 7) is 2.72. The van der Waals surface area contributed by atoms with Gasteiger partial charge in [-0.25, -0.2) is 10.8 Å². The summed E-state index contributed by atoms with van der Waals surface area (Å²) in [5.74, 6) is 4.91. The molecule has 1 aromatic carbocycles. The first-order chi connectivity index (χ1) is 14.9. The van der Waals surface area contributed by atoms with Crippen LogP contribution in [-0.2, 0) is 25.7 Å². The second kappa shape index (κ2) is 10.1. The van der Waals surface area contributed by atoms with Crippen LogP contribution >= 0.6 is 0 Å². The van der Waals surface area contributed by atoms with Gasteiger partial charge in [-0.1, -0.05) is 41.6 Å². The number of oxime groups is 1. The van der Waals surface area contributed by atoms with E-state index >= 15 is 0 Å². The summed E-state index contributed by atoms with van der Waals surface area (Å²) in [5.41, 5.74) is 1.55. The minimum Gasteiger partial charge on any atom is -0.389 e. The zero-order valence-electron chi connectivity index (χ0n) is 17.5. The molecule has 1 aromatic heterocycles. The van der Waals surface area contributed by atoms with Crippen LogP contribution in [0.15, 0.2) is 53.7 Å². The third kappa shape index (κ3) is 6.32. The number of amides is 1. The zero-order valence-corrected chi connectivity index (χ0v) is 17.5. The molecule has 1 fully saturated rings. The summed E-state index contributed by atoms with van der Waals surface area (Å²) in [6, 6.07) is 14.3. The van der Waals surface area contributed by atoms with Gasteiger partial charge in [0.15, 0.2) is 23.9 Å². The van der Waals surface area contributed by atoms with Gasteiger partial charge < -0.3 is 19.6 Å². The van der Waals surface area contributed by atoms with Crippen molar-refractivity contribution < 1.29 is 19.1 Å². The van der Waals surface area contributed by atoms with Crippen molar-refractivity contribution in [3.8, 4) is 0 Å². The predicted octanol–water partition coefficient (Wildman–Crippen LogP) is 1.88. The van der Waals surface area contributed by atoms with Crippen molar-refractivity contribution in [1.82, 2.24) is 9.99 Å². The van der Waals surface area contributed by atoms with Crippen LogP contribution in [0, 0.1) is 5.41 Å². The summed E-state index contributed by atoms with van der Waals surface area (Å²) < 4.78 is 10.9. The Morgan fingerprint density at radius 2 is 1.97 bits per heavy atom. The number of ether oxygens (including phenoxy) is 2. The number of pyridine rings is 1. The average Bonchev–Trinajstić information content (AvgIpc) is 3.17. The molecule has 3 rings (SSSR count). The van der Waals surface area contributed by atoms with Crippen LogP contribution < -0.4 is 11.2 Å². The second-order valence-electron chi connectivity index (χ2n) is 7.11. The summed E-state index contributed by atoms with van der Waals surface area (Å²) >= 11 is 0. The van der Waals surface area contributed by atoms with Gasteiger partial charge in [0.1, 0.15) is 5.82 Å². The lowest BCUT2D eigenvalue weighted by atomic mass is 10.1. The van der Waals surface area contributed by atoms with E-state index < -0.39 is 5.79 Å². The Balaban J connectivity index is 1.63. The number of nitrogens with one attached hydrogen (secondary N) is 2. The lowest BCUT2D eigenvalue weighted by molar-refractivity contribution is -0.156. The molecule has 0 unspecified atom stereocenters. The van der Waals surface area contributed by atoms with E-state index in [0.29, 0.717) is 36.0 Å². The van der Waals surface area contributed by atoms with Crippen LogP contribution in [0.25, 0.3) is 0 Å². The van der Waals surface area contributed by atoms with E-state index in [1.165, 1.54) is 0 Å². The molecule has 164 valence electrons. The number of hydrogen-bond acceptors (Lipinski definition) is 8. The van der Waals surface area contributed by atoms with Gasteiger partial charge in [0, 0.05) is 12.6 Å². The molecule has 0 radical (unpaired) electrons. The van der Waals surface area contributed by atoms with Crippen LogP contribution in [0.5, 0.6) is 0 Å². The first-order valence-electron chi connectivity index (χ1n) is 9.73. The Bertz CT molecular complexity index is 942. The first-order valence-corrected chi connectivity index (χ1v) is 9.73. The number of anilines is 1. The Morgan fingerprint density at radius 3 is 2.65 bits per heavy atom. The highest BCUT2D eigenvalue weighted by Gasteiger charge is 2.33. The molecule has 31 heavy (non-hydrogen) atoms. The Labute approximate surface area is 180 Å². The Kier molecular flexibility index (Phi) is 7.29. The molecule has 10 heteroatoms. The van der Waals surface area contributed by atoms with E-state index in [2.05, 4.69) is 15.5 Å². The van der Waals surface area contributed by atoms with Crippen LogP contribution in [0.1, 0.15) is 24.6 Å². The smallest absolute Gasteiger partial charge is 0.230 e. The number of hydrazine groups is 1. The standard InChI is InChI=1S/C21H26N6O4/c1-21(29-11-12-30-21)13-18(28)25-17-10-6-9-16(24-17)14-31-26-19(20(22)27(2)23)15-7-4-3-5-8-15/h3-10,22H,11-14,23H2,1-2H3,(H,24,25,28)/b22-20?,26-19-. The van der Waals surface area contributed by atoms with Crippen molar-refractivity contribution in [2.75, 3.05) is 25.6 Å². The summed E-state index contributed by atoms with van der Waals surface area (Å²) in [6.07, 6.45) is 0.0643. The normalized spacial score (nSPS) is 15.4. The number of carbonyl (C=O) groups is 1. The van der Waals surface area contributed by atoms with Crippen LogP contribution in [0.4, 0.5) is 5.82 Å². The Morgan fingerprint density at radius 1 is 1.26 bits per heavy atom. The molecular formula is C21H26N6O4. The number of nitrogens with zero attached hydrogens (tertiary/aromatic N) is 3. The molecular weight excluding hydrogens is 400 g/mol. The van der Waals surface area contributed by atoms with Crippen LogP contribution in [0.2, 0.25) is 0 Å². The molecule has 10 nitrogen and oxygen atoms in total. The van der Waals surface area contributed by atoms with Crippen molar-refractivity contribution in [3.05, 3.63) is 59.8 Å². The zero-order chi connectivity index (χ0) is 22.3. The lowest BCUT2D eigenvalue weighted by Crippen LogP contribution is -2.38. The fourth-order valence-corrected chi connectivity index (χ4v) is 2.93. The molecule has 1 aliphatic rings. The van der Waals surface area contributed by atoms with Crippen LogP contribution in [0.3, 0.4) is 0 Å². The number of carbonyl (C=O) groups excluding carboxylic acids is 1. The fraction of sp³-hybridized carbons (Fsp3) is 0.333. The van der Waals surface area contributed by atoms with E-state index in [1.807, 2.05) is 30.3 Å². The first kappa shape index (κ1) is 22.3. The van der Waals surface area contributed by atoms with Gasteiger partial charge in [0.2, 0.25) is 5.91 Å². The van der Waals surface area contributed by atoms with Gasteiger partial charge >= 0.3 is 0 Å². The van der Waals surface area contributed by atoms with Gasteiger partial charge in [-0.15, -0.1) is 0 Å². The second-order valence-corrected chi connectivity index (χ2v) is 7.11. The highest BCUT2D eigenvalue weighted by Crippen LogP contribution is 2.23. The van der Waals surface area contributed by atoms with Crippen molar-refractivity contribution in [2.45, 2.75) is 25.7 Å². The van der Waals surface area contributed by atoms with Crippen molar-refractivity contribution in [3.63, 3.8) is 0 Å². The van der Waals surface area contributed by atoms with Gasteiger partial charge in [-0.05, 0) is 19.1 Å². The highest BCUT2D eigenvalue weighted by molar-refractivity contribution is 6.46. The van der Waals surface area contributed by atoms with E-state index in [1.54, 1.807) is 32.2 Å². The average molecular weight is 426 g/mol. The number of likely N-dealkylation sites (N-methyl/N-ethyl adjacent to an activating group) is 1. The molecule has 2 heterocycles. The van der Waals surface area contributed by atoms with E-state index in [0.717, 1.165) is 5.01 Å². The SMILES string of the molecule is CN(N)C(=N)/C(=N\OCc1cccc(NC(=O)CC2(C)OCCO2)n1)c1ccccc1. The van der Waals surface area contributed by atoms with Gasteiger partial charge in [-0.2, -0.15) is 0 Å². The number of amidine groups is 1. The van der Waals surface area contributed by atoms with E-state index in [-0.39, 0.29) is 24.8 Å². The minimum absolute atomic E-state index is 0.00465. The molecule has 2 aromatic rings. The minimum atomic E-state index is -0.909. The largest absolute Gasteiger partial charge is 0.389 e. The monoisotopic (exact) mass is 426 g/mol. The quantitative estimate of drug-likeness (QED) is 0.254. The van der Waals surface area contributed by atoms with E-state index in [9.17, 15) is 4.79 Å². The topological polar surface area (TPSA) is 135 Å². The maximum Gasteiger partial charge on any atom is 0.230 e. The van der Waals surface area contributed by atoms with Crippen LogP contribution in [-0.4, -0.2) is 53.5 Å². The van der Waals surface area contributed by atoms with Crippen molar-refractivity contribution in [2.24, 2.45) is 11.0 Å². The lowest BCUT2D eigenvalue weighted by Gasteiger charge is -2.21. The molecule has 1 amide bonds. The Hall–Kier alpha value is -3.34. The third-order valence-electron chi connectivity index (χ3n) is 4.45. The number of aromatic nitrogens is 1. The van der Waals surface area contributed by atoms with Crippen molar-refractivity contribution >= 4 is 23.3 Å². The van der Waals surface area contributed by atoms with Gasteiger partial charge in [-0.3, -0.25) is 15.2 Å². The molecule has 0 spiro atoms. The molecule has 4 N–H and O–H groups in total. The predicted molar refractivity (Wildman–Crippen MR) is 115 cm³/mol. The molecule has 0 aliphatic carbocycles. The van der Waals surface area contributed by atoms with Crippen molar-refractivity contribution in [1.29, 1.82) is 5.41 Å². The number of benzene rings is 1. The number of nitrogens with two attached hydrogens (primary N) is 1. The maximum atomic E-state index is 12.3. The molecule has 1 saturated heterocycles. The summed E-state index contributed by atoms with van der Waals surface area (Å²) in [5, 5.41) is 16.1. The summed E-state index contributed by atoms with van der Waals surface area (Å²) in [4.78, 5) is 22.1. The number of rotatable bonds is 8. The highest BCUT2D eigenvalue weighted by atomic mass is 16.7. The molecule has 0 bridgehead atoms. The molecule has 0 atom stereocenters. The molecule has 0 saturated carbocycles.